The number of rotatable bonds is 7. The van der Waals surface area contributed by atoms with E-state index >= 15 is 0 Å². The molecule has 5 heteroatoms. The molecule has 1 saturated carbocycles. The third-order valence-electron chi connectivity index (χ3n) is 3.23. The predicted molar refractivity (Wildman–Crippen MR) is 70.5 cm³/mol. The maximum absolute atomic E-state index is 11.8. The van der Waals surface area contributed by atoms with Crippen LogP contribution < -0.4 is 5.32 Å². The van der Waals surface area contributed by atoms with Crippen LogP contribution in [0.5, 0.6) is 0 Å². The Morgan fingerprint density at radius 2 is 2.17 bits per heavy atom. The minimum absolute atomic E-state index is 0.00940. The van der Waals surface area contributed by atoms with Gasteiger partial charge >= 0.3 is 5.97 Å². The molecular formula is C13H20ClNO3. The highest BCUT2D eigenvalue weighted by Gasteiger charge is 2.50. The van der Waals surface area contributed by atoms with E-state index in [1.807, 2.05) is 13.8 Å². The number of carboxylic acid groups (broad SMARTS) is 1. The van der Waals surface area contributed by atoms with Gasteiger partial charge in [-0.05, 0) is 24.7 Å². The molecule has 1 amide bonds. The van der Waals surface area contributed by atoms with Gasteiger partial charge in [0.2, 0.25) is 5.91 Å². The molecule has 0 saturated heterocycles. The molecule has 1 fully saturated rings. The number of carbonyl (C=O) groups excluding carboxylic acids is 1. The lowest BCUT2D eigenvalue weighted by atomic mass is 10.1. The van der Waals surface area contributed by atoms with Gasteiger partial charge < -0.3 is 10.4 Å². The van der Waals surface area contributed by atoms with E-state index in [-0.39, 0.29) is 17.2 Å². The molecule has 0 radical (unpaired) electrons. The quantitative estimate of drug-likeness (QED) is 0.424. The topological polar surface area (TPSA) is 66.4 Å². The van der Waals surface area contributed by atoms with Gasteiger partial charge in [0, 0.05) is 11.8 Å². The smallest absolute Gasteiger partial charge is 0.330 e. The van der Waals surface area contributed by atoms with Crippen LogP contribution in [-0.4, -0.2) is 28.9 Å². The Balaban J connectivity index is 2.46. The van der Waals surface area contributed by atoms with Crippen LogP contribution in [0.1, 0.15) is 33.1 Å². The molecule has 1 unspecified atom stereocenters. The summed E-state index contributed by atoms with van der Waals surface area (Å²) in [5.74, 6) is -0.723. The molecule has 0 bridgehead atoms. The van der Waals surface area contributed by atoms with E-state index in [1.54, 1.807) is 6.08 Å². The molecule has 1 aliphatic carbocycles. The van der Waals surface area contributed by atoms with Gasteiger partial charge in [-0.1, -0.05) is 26.0 Å². The Bertz CT molecular complexity index is 352. The first-order valence-corrected chi connectivity index (χ1v) is 6.68. The normalized spacial score (nSPS) is 22.7. The largest absolute Gasteiger partial charge is 0.479 e. The number of aliphatic carboxylic acids is 1. The minimum atomic E-state index is -1.04. The summed E-state index contributed by atoms with van der Waals surface area (Å²) < 4.78 is 0. The van der Waals surface area contributed by atoms with Crippen molar-refractivity contribution in [2.75, 3.05) is 5.88 Å². The zero-order valence-electron chi connectivity index (χ0n) is 10.8. The maximum atomic E-state index is 11.8. The van der Waals surface area contributed by atoms with Gasteiger partial charge in [-0.15, -0.1) is 11.6 Å². The second kappa shape index (κ2) is 6.23. The second-order valence-electron chi connectivity index (χ2n) is 5.33. The summed E-state index contributed by atoms with van der Waals surface area (Å²) in [5.41, 5.74) is 0.00940. The summed E-state index contributed by atoms with van der Waals surface area (Å²) in [4.78, 5) is 22.8. The van der Waals surface area contributed by atoms with Gasteiger partial charge in [0.05, 0.1) is 0 Å². The summed E-state index contributed by atoms with van der Waals surface area (Å²) in [5, 5.41) is 11.6. The van der Waals surface area contributed by atoms with Crippen molar-refractivity contribution in [2.24, 2.45) is 11.3 Å². The summed E-state index contributed by atoms with van der Waals surface area (Å²) in [7, 11) is 0. The number of carboxylic acids is 1. The molecule has 18 heavy (non-hydrogen) atoms. The predicted octanol–water partition coefficient (Wildman–Crippen LogP) is 2.18. The molecule has 2 atom stereocenters. The van der Waals surface area contributed by atoms with Crippen LogP contribution in [0.3, 0.4) is 0 Å². The second-order valence-corrected chi connectivity index (χ2v) is 5.71. The number of nitrogens with one attached hydrogen (secondary N) is 1. The Morgan fingerprint density at radius 1 is 1.56 bits per heavy atom. The fourth-order valence-corrected chi connectivity index (χ4v) is 1.94. The Kier molecular flexibility index (Phi) is 5.20. The molecule has 0 aromatic carbocycles. The third kappa shape index (κ3) is 4.33. The average molecular weight is 274 g/mol. The molecule has 1 rings (SSSR count). The first-order valence-electron chi connectivity index (χ1n) is 6.14. The van der Waals surface area contributed by atoms with Gasteiger partial charge in [-0.25, -0.2) is 4.79 Å². The molecule has 102 valence electrons. The van der Waals surface area contributed by atoms with Crippen LogP contribution in [0, 0.1) is 11.3 Å². The molecule has 0 aromatic rings. The highest BCUT2D eigenvalue weighted by atomic mass is 35.5. The third-order valence-corrected chi connectivity index (χ3v) is 3.49. The Morgan fingerprint density at radius 3 is 2.61 bits per heavy atom. The standard InChI is InChI=1S/C13H20ClNO3/c1-13(2)8-9(13)11(16)15-10(12(17)18)6-4-3-5-7-14/h4,6,9-10H,3,5,7-8H2,1-2H3,(H,15,16)(H,17,18)/b6-4+/t9-,10?/m1/s1. The number of hydrogen-bond donors (Lipinski definition) is 2. The molecule has 0 aromatic heterocycles. The summed E-state index contributed by atoms with van der Waals surface area (Å²) in [6.07, 6.45) is 5.61. The van der Waals surface area contributed by atoms with Crippen molar-refractivity contribution < 1.29 is 14.7 Å². The van der Waals surface area contributed by atoms with Gasteiger partial charge in [-0.3, -0.25) is 4.79 Å². The molecular weight excluding hydrogens is 254 g/mol. The lowest BCUT2D eigenvalue weighted by Crippen LogP contribution is -2.40. The summed E-state index contributed by atoms with van der Waals surface area (Å²) >= 11 is 5.52. The first-order chi connectivity index (χ1) is 8.38. The Labute approximate surface area is 112 Å². The van der Waals surface area contributed by atoms with Crippen molar-refractivity contribution in [3.8, 4) is 0 Å². The fourth-order valence-electron chi connectivity index (χ4n) is 1.79. The van der Waals surface area contributed by atoms with Crippen molar-refractivity contribution in [2.45, 2.75) is 39.2 Å². The van der Waals surface area contributed by atoms with Crippen molar-refractivity contribution in [1.29, 1.82) is 0 Å². The zero-order chi connectivity index (χ0) is 13.8. The monoisotopic (exact) mass is 273 g/mol. The number of hydrogen-bond acceptors (Lipinski definition) is 2. The Hall–Kier alpha value is -1.03. The van der Waals surface area contributed by atoms with E-state index < -0.39 is 12.0 Å². The highest BCUT2D eigenvalue weighted by Crippen LogP contribution is 2.51. The van der Waals surface area contributed by atoms with E-state index in [0.29, 0.717) is 5.88 Å². The lowest BCUT2D eigenvalue weighted by molar-refractivity contribution is -0.140. The van der Waals surface area contributed by atoms with Crippen LogP contribution in [0.4, 0.5) is 0 Å². The molecule has 2 N–H and O–H groups in total. The van der Waals surface area contributed by atoms with Gasteiger partial charge in [0.15, 0.2) is 0 Å². The van der Waals surface area contributed by atoms with Crippen LogP contribution in [0.2, 0.25) is 0 Å². The fraction of sp³-hybridized carbons (Fsp3) is 0.692. The van der Waals surface area contributed by atoms with Crippen molar-refractivity contribution in [3.63, 3.8) is 0 Å². The lowest BCUT2D eigenvalue weighted by Gasteiger charge is -2.11. The number of alkyl halides is 1. The molecule has 0 aliphatic heterocycles. The van der Waals surface area contributed by atoms with Gasteiger partial charge in [0.25, 0.3) is 0 Å². The maximum Gasteiger partial charge on any atom is 0.330 e. The van der Waals surface area contributed by atoms with E-state index in [1.165, 1.54) is 6.08 Å². The molecule has 1 aliphatic rings. The number of unbranched alkanes of at least 4 members (excludes halogenated alkanes) is 1. The van der Waals surface area contributed by atoms with E-state index in [9.17, 15) is 9.59 Å². The van der Waals surface area contributed by atoms with Crippen LogP contribution in [0.25, 0.3) is 0 Å². The summed E-state index contributed by atoms with van der Waals surface area (Å²) in [6.45, 7) is 4.01. The zero-order valence-corrected chi connectivity index (χ0v) is 11.5. The van der Waals surface area contributed by atoms with Crippen molar-refractivity contribution in [1.82, 2.24) is 5.32 Å². The number of carbonyl (C=O) groups is 2. The van der Waals surface area contributed by atoms with Crippen molar-refractivity contribution >= 4 is 23.5 Å². The minimum Gasteiger partial charge on any atom is -0.479 e. The van der Waals surface area contributed by atoms with Crippen LogP contribution >= 0.6 is 11.6 Å². The van der Waals surface area contributed by atoms with Crippen LogP contribution in [0.15, 0.2) is 12.2 Å². The number of halogens is 1. The SMILES string of the molecule is CC1(C)C[C@@H]1C(=O)NC(/C=C/CCCCl)C(=O)O. The van der Waals surface area contributed by atoms with Crippen LogP contribution in [-0.2, 0) is 9.59 Å². The van der Waals surface area contributed by atoms with E-state index in [0.717, 1.165) is 19.3 Å². The number of amides is 1. The average Bonchev–Trinajstić information content (AvgIpc) is 2.92. The molecule has 0 spiro atoms. The summed E-state index contributed by atoms with van der Waals surface area (Å²) in [6, 6.07) is -0.941. The molecule has 4 nitrogen and oxygen atoms in total. The van der Waals surface area contributed by atoms with E-state index in [2.05, 4.69) is 5.32 Å². The number of allylic oxidation sites excluding steroid dienone is 1. The highest BCUT2D eigenvalue weighted by molar-refractivity contribution is 6.17. The van der Waals surface area contributed by atoms with Crippen molar-refractivity contribution in [3.05, 3.63) is 12.2 Å². The molecule has 0 heterocycles. The first kappa shape index (κ1) is 15.0. The van der Waals surface area contributed by atoms with Gasteiger partial charge in [-0.2, -0.15) is 0 Å². The van der Waals surface area contributed by atoms with E-state index in [4.69, 9.17) is 16.7 Å². The van der Waals surface area contributed by atoms with Gasteiger partial charge in [0.1, 0.15) is 6.04 Å².